The molecule has 2 atom stereocenters. The number of nitrogens with one attached hydrogen (secondary N) is 2. The number of aromatic amines is 1. The number of alkyl halides is 1. The number of carbonyl (C=O) groups is 3. The van der Waals surface area contributed by atoms with Crippen molar-refractivity contribution in [2.45, 2.75) is 46.0 Å². The third-order valence-corrected chi connectivity index (χ3v) is 4.71. The van der Waals surface area contributed by atoms with Crippen molar-refractivity contribution in [1.82, 2.24) is 25.3 Å². The molecule has 3 radical (unpaired) electrons. The number of hydrogen-bond donors (Lipinski definition) is 2. The van der Waals surface area contributed by atoms with Gasteiger partial charge in [0.25, 0.3) is 11.5 Å². The molecular weight excluding hydrogens is 697 g/mol. The van der Waals surface area contributed by atoms with Crippen LogP contribution in [-0.4, -0.2) is 49.6 Å². The zero-order chi connectivity index (χ0) is 24.1. The molecule has 0 saturated carbocycles. The van der Waals surface area contributed by atoms with E-state index in [9.17, 15) is 23.6 Å². The molecule has 0 fully saturated rings. The normalized spacial score (nSPS) is 11.7. The SMILES string of the molecule is CC(=O)CC([18F])[C@@H](NC(=O)c1ccc([N-]Cc2cnc3nc(C)[nH]c(=O)c3n2)cc1)C(C)=O.[Y].[Y].[Y]. The summed E-state index contributed by atoms with van der Waals surface area (Å²) in [7, 11) is 0. The van der Waals surface area contributed by atoms with E-state index in [0.29, 0.717) is 17.2 Å². The van der Waals surface area contributed by atoms with E-state index in [1.165, 1.54) is 25.3 Å². The Labute approximate surface area is 282 Å². The number of Topliss-reactive ketones (excluding diaryl/α,β-unsaturated/α-hetero) is 2. The van der Waals surface area contributed by atoms with Crippen LogP contribution in [0.2, 0.25) is 0 Å². The molecule has 0 spiro atoms. The van der Waals surface area contributed by atoms with Gasteiger partial charge >= 0.3 is 0 Å². The van der Waals surface area contributed by atoms with Crippen LogP contribution in [0.15, 0.2) is 35.3 Å². The molecule has 1 aromatic carbocycles. The fourth-order valence-corrected chi connectivity index (χ4v) is 3.09. The van der Waals surface area contributed by atoms with Gasteiger partial charge in [-0.15, -0.1) is 5.69 Å². The summed E-state index contributed by atoms with van der Waals surface area (Å²) in [5.41, 5.74) is 1.18. The summed E-state index contributed by atoms with van der Waals surface area (Å²) in [6.07, 6.45) is -0.773. The van der Waals surface area contributed by atoms with Crippen LogP contribution in [0.1, 0.15) is 42.1 Å². The van der Waals surface area contributed by atoms with Gasteiger partial charge in [-0.2, -0.15) is 0 Å². The molecule has 1 unspecified atom stereocenters. The third-order valence-electron chi connectivity index (χ3n) is 4.71. The smallest absolute Gasteiger partial charge is 0.279 e. The summed E-state index contributed by atoms with van der Waals surface area (Å²) in [6, 6.07) is 4.71. The summed E-state index contributed by atoms with van der Waals surface area (Å²) < 4.78 is 14.2. The van der Waals surface area contributed by atoms with Gasteiger partial charge in [0.05, 0.1) is 0 Å². The number of benzene rings is 1. The van der Waals surface area contributed by atoms with Gasteiger partial charge in [-0.25, -0.2) is 19.3 Å². The van der Waals surface area contributed by atoms with Gasteiger partial charge in [0.15, 0.2) is 16.9 Å². The van der Waals surface area contributed by atoms with Gasteiger partial charge in [0.1, 0.15) is 23.8 Å². The maximum atomic E-state index is 14.2. The van der Waals surface area contributed by atoms with Gasteiger partial charge in [0, 0.05) is 122 Å². The summed E-state index contributed by atoms with van der Waals surface area (Å²) in [5, 5.41) is 6.70. The summed E-state index contributed by atoms with van der Waals surface area (Å²) in [6.45, 7) is 4.16. The standard InChI is InChI=1S/C22H23FN6O4.3Y/c1-11(30)8-17(23)18(12(2)31)29-21(32)14-4-6-15(7-5-14)24-9-16-10-25-20-19(28-16)22(33)27-13(3)26-20;;;/h4-7,10,17-18H,8-9H2,1-3H3,(H3,24,25,26,27,29,32,33);;;/p-1/t17?,18-;;;/m0.../s1/i23-1;;;. The van der Waals surface area contributed by atoms with Crippen molar-refractivity contribution < 1.29 is 117 Å². The number of ketones is 2. The molecule has 0 saturated heterocycles. The topological polar surface area (TPSA) is 149 Å². The fourth-order valence-electron chi connectivity index (χ4n) is 3.09. The molecule has 0 aliphatic rings. The van der Waals surface area contributed by atoms with E-state index in [-0.39, 0.29) is 127 Å². The number of aryl methyl sites for hydroxylation is 1. The van der Waals surface area contributed by atoms with Crippen molar-refractivity contribution in [3.63, 3.8) is 0 Å². The minimum absolute atomic E-state index is 0. The third kappa shape index (κ3) is 9.87. The maximum absolute atomic E-state index is 14.2. The minimum atomic E-state index is -1.80. The van der Waals surface area contributed by atoms with Crippen LogP contribution < -0.4 is 10.9 Å². The van der Waals surface area contributed by atoms with E-state index >= 15 is 0 Å². The van der Waals surface area contributed by atoms with Gasteiger partial charge in [-0.05, 0) is 20.8 Å². The molecule has 2 heterocycles. The number of amides is 1. The van der Waals surface area contributed by atoms with E-state index < -0.39 is 36.1 Å². The van der Waals surface area contributed by atoms with Crippen LogP contribution in [0.3, 0.4) is 0 Å². The molecule has 3 aromatic rings. The predicted octanol–water partition coefficient (Wildman–Crippen LogP) is 2.22. The fraction of sp³-hybridized carbons (Fsp3) is 0.318. The first-order valence-electron chi connectivity index (χ1n) is 10.1. The van der Waals surface area contributed by atoms with Crippen LogP contribution >= 0.6 is 0 Å². The summed E-state index contributed by atoms with van der Waals surface area (Å²) in [4.78, 5) is 62.3. The van der Waals surface area contributed by atoms with Gasteiger partial charge in [0.2, 0.25) is 0 Å². The van der Waals surface area contributed by atoms with Crippen LogP contribution in [0.25, 0.3) is 16.5 Å². The molecule has 2 aromatic heterocycles. The Bertz CT molecular complexity index is 1270. The molecule has 0 bridgehead atoms. The summed E-state index contributed by atoms with van der Waals surface area (Å²) in [5.74, 6) is -1.19. The van der Waals surface area contributed by atoms with Gasteiger partial charge in [-0.3, -0.25) is 19.2 Å². The zero-order valence-corrected chi connectivity index (χ0v) is 28.5. The molecule has 14 heteroatoms. The van der Waals surface area contributed by atoms with E-state index in [0.717, 1.165) is 6.92 Å². The van der Waals surface area contributed by atoms with Crippen LogP contribution in [0.5, 0.6) is 0 Å². The maximum Gasteiger partial charge on any atom is 0.279 e. The molecular formula is C22H22FN6O4Y3-. The average Bonchev–Trinajstić information content (AvgIpc) is 2.75. The largest absolute Gasteiger partial charge is 0.679 e. The Hall–Kier alpha value is -0.708. The van der Waals surface area contributed by atoms with E-state index in [2.05, 4.69) is 30.6 Å². The first kappa shape index (κ1) is 35.3. The van der Waals surface area contributed by atoms with Crippen LogP contribution in [0, 0.1) is 6.92 Å². The molecule has 36 heavy (non-hydrogen) atoms. The number of fused-ring (bicyclic) bond motifs is 1. The van der Waals surface area contributed by atoms with Crippen molar-refractivity contribution in [2.24, 2.45) is 0 Å². The van der Waals surface area contributed by atoms with Gasteiger partial charge in [-0.1, -0.05) is 30.8 Å². The Kier molecular flexibility index (Phi) is 16.0. The number of nitrogens with zero attached hydrogens (tertiary/aromatic N) is 4. The monoisotopic (exact) mass is 719 g/mol. The Morgan fingerprint density at radius 2 is 1.72 bits per heavy atom. The summed E-state index contributed by atoms with van der Waals surface area (Å²) >= 11 is 0. The van der Waals surface area contributed by atoms with Crippen LogP contribution in [-0.2, 0) is 114 Å². The van der Waals surface area contributed by atoms with Crippen molar-refractivity contribution >= 4 is 34.3 Å². The van der Waals surface area contributed by atoms with E-state index in [4.69, 9.17) is 0 Å². The number of carbonyl (C=O) groups excluding carboxylic acids is 3. The predicted molar refractivity (Wildman–Crippen MR) is 118 cm³/mol. The molecule has 0 aliphatic carbocycles. The van der Waals surface area contributed by atoms with Crippen molar-refractivity contribution in [2.75, 3.05) is 0 Å². The van der Waals surface area contributed by atoms with Crippen molar-refractivity contribution in [3.8, 4) is 0 Å². The minimum Gasteiger partial charge on any atom is -0.679 e. The van der Waals surface area contributed by atoms with Crippen molar-refractivity contribution in [1.29, 1.82) is 0 Å². The number of halogens is 1. The Balaban J connectivity index is 0.00000408. The van der Waals surface area contributed by atoms with Gasteiger partial charge < -0.3 is 15.6 Å². The number of hydrogen-bond acceptors (Lipinski definition) is 7. The first-order chi connectivity index (χ1) is 15.6. The number of rotatable bonds is 9. The first-order valence-corrected chi connectivity index (χ1v) is 10.1. The average molecular weight is 719 g/mol. The zero-order valence-electron chi connectivity index (χ0n) is 20.0. The van der Waals surface area contributed by atoms with Crippen molar-refractivity contribution in [3.05, 3.63) is 63.2 Å². The number of aromatic nitrogens is 4. The second-order valence-corrected chi connectivity index (χ2v) is 7.53. The molecule has 2 N–H and O–H groups in total. The Morgan fingerprint density at radius 1 is 1.08 bits per heavy atom. The molecule has 3 rings (SSSR count). The Morgan fingerprint density at radius 3 is 2.31 bits per heavy atom. The second kappa shape index (κ2) is 16.3. The van der Waals surface area contributed by atoms with E-state index in [1.807, 2.05) is 0 Å². The number of H-pyrrole nitrogens is 1. The van der Waals surface area contributed by atoms with Crippen LogP contribution in [0.4, 0.5) is 10.1 Å². The quantitative estimate of drug-likeness (QED) is 0.345. The molecule has 1 amide bonds. The van der Waals surface area contributed by atoms with E-state index in [1.54, 1.807) is 19.1 Å². The second-order valence-electron chi connectivity index (χ2n) is 7.53. The molecule has 10 nitrogen and oxygen atoms in total. The molecule has 0 aliphatic heterocycles. The molecule has 181 valence electrons.